The number of methoxy groups -OCH3 is 2. The third-order valence-corrected chi connectivity index (χ3v) is 4.56. The van der Waals surface area contributed by atoms with E-state index >= 15 is 0 Å². The van der Waals surface area contributed by atoms with Crippen molar-refractivity contribution in [1.29, 1.82) is 0 Å². The monoisotopic (exact) mass is 354 g/mol. The Hall–Kier alpha value is -1.99. The molecule has 0 saturated carbocycles. The van der Waals surface area contributed by atoms with Gasteiger partial charge in [0.15, 0.2) is 11.5 Å². The Balaban J connectivity index is 2.09. The first-order valence-corrected chi connectivity index (χ1v) is 8.16. The molecule has 2 aromatic rings. The summed E-state index contributed by atoms with van der Waals surface area (Å²) in [6.45, 7) is 1.75. The highest BCUT2D eigenvalue weighted by Gasteiger charge is 2.30. The van der Waals surface area contributed by atoms with Crippen LogP contribution in [0.5, 0.6) is 11.5 Å². The van der Waals surface area contributed by atoms with Crippen LogP contribution in [-0.2, 0) is 11.3 Å². The Kier molecular flexibility index (Phi) is 4.58. The summed E-state index contributed by atoms with van der Waals surface area (Å²) >= 11 is 7.86. The number of carbonyl (C=O) groups is 1. The summed E-state index contributed by atoms with van der Waals surface area (Å²) in [4.78, 5) is 18.5. The van der Waals surface area contributed by atoms with Gasteiger partial charge in [-0.05, 0) is 6.07 Å². The van der Waals surface area contributed by atoms with Crippen molar-refractivity contribution in [2.45, 2.75) is 6.54 Å². The van der Waals surface area contributed by atoms with Crippen molar-refractivity contribution in [3.63, 3.8) is 0 Å². The highest BCUT2D eigenvalue weighted by molar-refractivity contribution is 7.09. The molecule has 1 aliphatic rings. The fraction of sp³-hybridized carbons (Fsp3) is 0.333. The number of halogens is 1. The summed E-state index contributed by atoms with van der Waals surface area (Å²) in [5, 5.41) is 3.24. The summed E-state index contributed by atoms with van der Waals surface area (Å²) in [7, 11) is 2.77. The molecule has 0 bridgehead atoms. The first-order chi connectivity index (χ1) is 11.2. The van der Waals surface area contributed by atoms with Crippen LogP contribution in [0, 0.1) is 0 Å². The SMILES string of the molecule is COC(=O)c1c(OC)c(Cl)cc2c1OCCN2Cc1nccs1. The van der Waals surface area contributed by atoms with Crippen molar-refractivity contribution in [2.75, 3.05) is 32.3 Å². The van der Waals surface area contributed by atoms with E-state index in [9.17, 15) is 4.79 Å². The van der Waals surface area contributed by atoms with Crippen molar-refractivity contribution in [2.24, 2.45) is 0 Å². The molecule has 0 aliphatic carbocycles. The molecule has 6 nitrogen and oxygen atoms in total. The number of fused-ring (bicyclic) bond motifs is 1. The third-order valence-electron chi connectivity index (χ3n) is 3.52. The fourth-order valence-corrected chi connectivity index (χ4v) is 3.41. The molecule has 0 unspecified atom stereocenters. The number of nitrogens with zero attached hydrogens (tertiary/aromatic N) is 2. The smallest absolute Gasteiger partial charge is 0.345 e. The highest BCUT2D eigenvalue weighted by Crippen LogP contribution is 2.45. The van der Waals surface area contributed by atoms with Gasteiger partial charge in [0.1, 0.15) is 17.2 Å². The van der Waals surface area contributed by atoms with Crippen LogP contribution in [0.4, 0.5) is 5.69 Å². The topological polar surface area (TPSA) is 60.9 Å². The van der Waals surface area contributed by atoms with E-state index in [-0.39, 0.29) is 11.3 Å². The van der Waals surface area contributed by atoms with Gasteiger partial charge >= 0.3 is 5.97 Å². The predicted octanol–water partition coefficient (Wildman–Crippen LogP) is 2.99. The Labute approximate surface area is 142 Å². The average Bonchev–Trinajstić information content (AvgIpc) is 3.06. The van der Waals surface area contributed by atoms with Gasteiger partial charge < -0.3 is 19.1 Å². The standard InChI is InChI=1S/C15H15ClN2O4S/c1-20-13-9(16)7-10-14(12(13)15(19)21-2)22-5-4-18(10)8-11-17-3-6-23-11/h3,6-7H,4-5,8H2,1-2H3. The van der Waals surface area contributed by atoms with Gasteiger partial charge in [0, 0.05) is 11.6 Å². The molecule has 122 valence electrons. The molecule has 1 aromatic carbocycles. The quantitative estimate of drug-likeness (QED) is 0.787. The van der Waals surface area contributed by atoms with E-state index in [1.165, 1.54) is 14.2 Å². The number of aromatic nitrogens is 1. The van der Waals surface area contributed by atoms with Crippen molar-refractivity contribution in [3.8, 4) is 11.5 Å². The maximum absolute atomic E-state index is 12.2. The number of esters is 1. The van der Waals surface area contributed by atoms with Gasteiger partial charge in [-0.25, -0.2) is 9.78 Å². The van der Waals surface area contributed by atoms with Crippen molar-refractivity contribution < 1.29 is 19.0 Å². The predicted molar refractivity (Wildman–Crippen MR) is 88.0 cm³/mol. The first-order valence-electron chi connectivity index (χ1n) is 6.90. The zero-order valence-electron chi connectivity index (χ0n) is 12.7. The van der Waals surface area contributed by atoms with Gasteiger partial charge in [0.05, 0.1) is 38.0 Å². The number of rotatable bonds is 4. The molecule has 23 heavy (non-hydrogen) atoms. The Morgan fingerprint density at radius 1 is 1.52 bits per heavy atom. The molecule has 0 N–H and O–H groups in total. The molecular weight excluding hydrogens is 340 g/mol. The Bertz CT molecular complexity index is 721. The molecule has 0 amide bonds. The number of anilines is 1. The minimum Gasteiger partial charge on any atom is -0.494 e. The number of thiazole rings is 1. The minimum atomic E-state index is -0.545. The zero-order chi connectivity index (χ0) is 16.4. The number of benzene rings is 1. The lowest BCUT2D eigenvalue weighted by Gasteiger charge is -2.32. The van der Waals surface area contributed by atoms with Gasteiger partial charge in [-0.3, -0.25) is 0 Å². The summed E-state index contributed by atoms with van der Waals surface area (Å²) in [6.07, 6.45) is 1.77. The zero-order valence-corrected chi connectivity index (χ0v) is 14.2. The van der Waals surface area contributed by atoms with Crippen molar-refractivity contribution in [3.05, 3.63) is 33.2 Å². The maximum atomic E-state index is 12.2. The number of carbonyl (C=O) groups excluding carboxylic acids is 1. The number of hydrogen-bond acceptors (Lipinski definition) is 7. The summed E-state index contributed by atoms with van der Waals surface area (Å²) in [6, 6.07) is 1.74. The van der Waals surface area contributed by atoms with Crippen LogP contribution in [0.3, 0.4) is 0 Å². The second-order valence-corrected chi connectivity index (χ2v) is 6.19. The van der Waals surface area contributed by atoms with E-state index in [1.807, 2.05) is 5.38 Å². The lowest BCUT2D eigenvalue weighted by Crippen LogP contribution is -2.33. The molecule has 0 radical (unpaired) electrons. The minimum absolute atomic E-state index is 0.210. The molecule has 0 fully saturated rings. The van der Waals surface area contributed by atoms with Crippen LogP contribution in [0.1, 0.15) is 15.4 Å². The first kappa shape index (κ1) is 15.9. The van der Waals surface area contributed by atoms with E-state index in [2.05, 4.69) is 9.88 Å². The average molecular weight is 355 g/mol. The summed E-state index contributed by atoms with van der Waals surface area (Å²) in [5.74, 6) is 0.144. The Morgan fingerprint density at radius 3 is 3.00 bits per heavy atom. The summed E-state index contributed by atoms with van der Waals surface area (Å²) < 4.78 is 15.8. The molecule has 0 saturated heterocycles. The van der Waals surface area contributed by atoms with Crippen molar-refractivity contribution in [1.82, 2.24) is 4.98 Å². The number of hydrogen-bond donors (Lipinski definition) is 0. The second kappa shape index (κ2) is 6.64. The molecule has 2 heterocycles. The van der Waals surface area contributed by atoms with Gasteiger partial charge in [0.25, 0.3) is 0 Å². The van der Waals surface area contributed by atoms with E-state index in [1.54, 1.807) is 23.6 Å². The summed E-state index contributed by atoms with van der Waals surface area (Å²) in [5.41, 5.74) is 0.944. The molecule has 0 atom stereocenters. The molecular formula is C15H15ClN2O4S. The third kappa shape index (κ3) is 2.94. The van der Waals surface area contributed by atoms with Gasteiger partial charge in [-0.1, -0.05) is 11.6 Å². The lowest BCUT2D eigenvalue weighted by molar-refractivity contribution is 0.0591. The van der Waals surface area contributed by atoms with Crippen LogP contribution in [0.15, 0.2) is 17.6 Å². The molecule has 1 aromatic heterocycles. The number of ether oxygens (including phenoxy) is 3. The molecule has 0 spiro atoms. The van der Waals surface area contributed by atoms with E-state index in [0.29, 0.717) is 30.5 Å². The normalized spacial score (nSPS) is 13.3. The van der Waals surface area contributed by atoms with Crippen LogP contribution >= 0.6 is 22.9 Å². The van der Waals surface area contributed by atoms with E-state index in [0.717, 1.165) is 10.7 Å². The molecule has 1 aliphatic heterocycles. The fourth-order valence-electron chi connectivity index (χ4n) is 2.51. The highest BCUT2D eigenvalue weighted by atomic mass is 35.5. The lowest BCUT2D eigenvalue weighted by atomic mass is 10.1. The largest absolute Gasteiger partial charge is 0.494 e. The van der Waals surface area contributed by atoms with E-state index in [4.69, 9.17) is 25.8 Å². The maximum Gasteiger partial charge on any atom is 0.345 e. The Morgan fingerprint density at radius 2 is 2.35 bits per heavy atom. The van der Waals surface area contributed by atoms with Crippen LogP contribution in [-0.4, -0.2) is 38.3 Å². The van der Waals surface area contributed by atoms with Gasteiger partial charge in [-0.2, -0.15) is 0 Å². The van der Waals surface area contributed by atoms with Crippen LogP contribution in [0.2, 0.25) is 5.02 Å². The molecule has 3 rings (SSSR count). The molecule has 8 heteroatoms. The van der Waals surface area contributed by atoms with Crippen LogP contribution < -0.4 is 14.4 Å². The van der Waals surface area contributed by atoms with E-state index < -0.39 is 5.97 Å². The van der Waals surface area contributed by atoms with Crippen molar-refractivity contribution >= 4 is 34.6 Å². The second-order valence-electron chi connectivity index (χ2n) is 4.80. The van der Waals surface area contributed by atoms with Gasteiger partial charge in [0.2, 0.25) is 0 Å². The van der Waals surface area contributed by atoms with Gasteiger partial charge in [-0.15, -0.1) is 11.3 Å². The van der Waals surface area contributed by atoms with Crippen LogP contribution in [0.25, 0.3) is 0 Å².